The topological polar surface area (TPSA) is 65.4 Å². The Kier molecular flexibility index (Phi) is 7.79. The number of ether oxygens (including phenoxy) is 1. The molecule has 0 spiro atoms. The van der Waals surface area contributed by atoms with Crippen LogP contribution in [0.1, 0.15) is 5.56 Å². The number of benzene rings is 2. The molecule has 0 saturated carbocycles. The third-order valence-corrected chi connectivity index (χ3v) is 4.73. The first-order chi connectivity index (χ1) is 12.5. The summed E-state index contributed by atoms with van der Waals surface area (Å²) in [6.45, 7) is 0.745. The first-order valence-electron chi connectivity index (χ1n) is 7.93. The summed E-state index contributed by atoms with van der Waals surface area (Å²) in [5.41, 5.74) is 1.63. The molecule has 2 rings (SSSR count). The lowest BCUT2D eigenvalue weighted by molar-refractivity contribution is -0.117. The molecule has 0 radical (unpaired) electrons. The standard InChI is InChI=1S/C19H20ClN3O2S/c1-23(12-14-11-15(20)7-8-17(14)25-2)13-19(24)22-16-5-3-4-6-18(16)26-10-9-21/h3-8,11H,10,12-13H2,1-2H3,(H,22,24). The Morgan fingerprint density at radius 3 is 2.85 bits per heavy atom. The van der Waals surface area contributed by atoms with Crippen LogP contribution < -0.4 is 10.1 Å². The van der Waals surface area contributed by atoms with Crippen LogP contribution in [-0.4, -0.2) is 37.3 Å². The first kappa shape index (κ1) is 20.1. The lowest BCUT2D eigenvalue weighted by Crippen LogP contribution is -2.30. The Morgan fingerprint density at radius 2 is 2.12 bits per heavy atom. The molecule has 0 aliphatic heterocycles. The van der Waals surface area contributed by atoms with Gasteiger partial charge in [0.25, 0.3) is 0 Å². The molecule has 0 bridgehead atoms. The second-order valence-corrected chi connectivity index (χ2v) is 7.07. The highest BCUT2D eigenvalue weighted by molar-refractivity contribution is 7.99. The van der Waals surface area contributed by atoms with Gasteiger partial charge in [-0.3, -0.25) is 9.69 Å². The highest BCUT2D eigenvalue weighted by atomic mass is 35.5. The van der Waals surface area contributed by atoms with Crippen molar-refractivity contribution in [2.24, 2.45) is 0 Å². The summed E-state index contributed by atoms with van der Waals surface area (Å²) in [5.74, 6) is 0.944. The Bertz CT molecular complexity index is 808. The maximum Gasteiger partial charge on any atom is 0.238 e. The average molecular weight is 390 g/mol. The molecule has 0 fully saturated rings. The van der Waals surface area contributed by atoms with Crippen molar-refractivity contribution in [2.75, 3.05) is 31.8 Å². The van der Waals surface area contributed by atoms with Crippen LogP contribution in [0, 0.1) is 11.3 Å². The first-order valence-corrected chi connectivity index (χ1v) is 9.29. The molecular weight excluding hydrogens is 370 g/mol. The number of thioether (sulfide) groups is 1. The van der Waals surface area contributed by atoms with E-state index in [1.54, 1.807) is 13.2 Å². The zero-order valence-corrected chi connectivity index (χ0v) is 16.2. The molecule has 0 atom stereocenters. The fraction of sp³-hybridized carbons (Fsp3) is 0.263. The summed E-state index contributed by atoms with van der Waals surface area (Å²) in [6.07, 6.45) is 0. The molecule has 2 aromatic rings. The number of nitriles is 1. The zero-order valence-electron chi connectivity index (χ0n) is 14.7. The van der Waals surface area contributed by atoms with Crippen LogP contribution in [0.15, 0.2) is 47.4 Å². The van der Waals surface area contributed by atoms with Gasteiger partial charge in [-0.1, -0.05) is 23.7 Å². The predicted octanol–water partition coefficient (Wildman–Crippen LogP) is 4.03. The van der Waals surface area contributed by atoms with Gasteiger partial charge >= 0.3 is 0 Å². The number of carbonyl (C=O) groups is 1. The van der Waals surface area contributed by atoms with Gasteiger partial charge in [-0.15, -0.1) is 11.8 Å². The van der Waals surface area contributed by atoms with Gasteiger partial charge in [-0.05, 0) is 37.4 Å². The lowest BCUT2D eigenvalue weighted by Gasteiger charge is -2.19. The number of nitrogens with one attached hydrogen (secondary N) is 1. The van der Waals surface area contributed by atoms with Crippen molar-refractivity contribution in [2.45, 2.75) is 11.4 Å². The van der Waals surface area contributed by atoms with E-state index in [-0.39, 0.29) is 12.5 Å². The average Bonchev–Trinajstić information content (AvgIpc) is 2.61. The second kappa shape index (κ2) is 10.1. The Labute approximate surface area is 162 Å². The van der Waals surface area contributed by atoms with Gasteiger partial charge < -0.3 is 10.1 Å². The molecule has 0 aliphatic rings. The summed E-state index contributed by atoms with van der Waals surface area (Å²) >= 11 is 7.45. The Balaban J connectivity index is 1.98. The second-order valence-electron chi connectivity index (χ2n) is 5.62. The highest BCUT2D eigenvalue weighted by Gasteiger charge is 2.12. The minimum absolute atomic E-state index is 0.126. The Morgan fingerprint density at radius 1 is 1.35 bits per heavy atom. The number of hydrogen-bond acceptors (Lipinski definition) is 5. The van der Waals surface area contributed by atoms with Crippen LogP contribution in [0.3, 0.4) is 0 Å². The van der Waals surface area contributed by atoms with Gasteiger partial charge in [-0.25, -0.2) is 0 Å². The number of nitrogens with zero attached hydrogens (tertiary/aromatic N) is 2. The predicted molar refractivity (Wildman–Crippen MR) is 106 cm³/mol. The number of halogens is 1. The fourth-order valence-corrected chi connectivity index (χ4v) is 3.32. The third kappa shape index (κ3) is 5.95. The Hall–Kier alpha value is -2.20. The van der Waals surface area contributed by atoms with Gasteiger partial charge in [0.1, 0.15) is 5.75 Å². The van der Waals surface area contributed by atoms with E-state index in [1.807, 2.05) is 48.3 Å². The molecule has 26 heavy (non-hydrogen) atoms. The van der Waals surface area contributed by atoms with Crippen LogP contribution in [0.5, 0.6) is 5.75 Å². The fourth-order valence-electron chi connectivity index (χ4n) is 2.46. The highest BCUT2D eigenvalue weighted by Crippen LogP contribution is 2.27. The van der Waals surface area contributed by atoms with E-state index in [2.05, 4.69) is 11.4 Å². The van der Waals surface area contributed by atoms with Crippen molar-refractivity contribution < 1.29 is 9.53 Å². The molecule has 0 aromatic heterocycles. The van der Waals surface area contributed by atoms with Gasteiger partial charge in [0.05, 0.1) is 31.2 Å². The zero-order chi connectivity index (χ0) is 18.9. The van der Waals surface area contributed by atoms with Crippen molar-refractivity contribution >= 4 is 35.0 Å². The molecule has 0 saturated heterocycles. The van der Waals surface area contributed by atoms with Crippen LogP contribution in [0.4, 0.5) is 5.69 Å². The molecule has 0 aliphatic carbocycles. The van der Waals surface area contributed by atoms with Crippen molar-refractivity contribution in [3.63, 3.8) is 0 Å². The summed E-state index contributed by atoms with van der Waals surface area (Å²) in [4.78, 5) is 15.1. The number of amides is 1. The number of anilines is 1. The van der Waals surface area contributed by atoms with E-state index in [9.17, 15) is 4.79 Å². The summed E-state index contributed by atoms with van der Waals surface area (Å²) in [5, 5.41) is 12.3. The maximum atomic E-state index is 12.4. The normalized spacial score (nSPS) is 10.4. The SMILES string of the molecule is COc1ccc(Cl)cc1CN(C)CC(=O)Nc1ccccc1SCC#N. The smallest absolute Gasteiger partial charge is 0.238 e. The number of likely N-dealkylation sites (N-methyl/N-ethyl adjacent to an activating group) is 1. The summed E-state index contributed by atoms with van der Waals surface area (Å²) < 4.78 is 5.34. The maximum absolute atomic E-state index is 12.4. The number of rotatable bonds is 8. The monoisotopic (exact) mass is 389 g/mol. The van der Waals surface area contributed by atoms with Gasteiger partial charge in [0.15, 0.2) is 0 Å². The molecular formula is C19H20ClN3O2S. The molecule has 0 unspecified atom stereocenters. The molecule has 136 valence electrons. The molecule has 1 amide bonds. The minimum atomic E-state index is -0.126. The number of methoxy groups -OCH3 is 1. The van der Waals surface area contributed by atoms with Crippen LogP contribution in [0.25, 0.3) is 0 Å². The quantitative estimate of drug-likeness (QED) is 0.690. The van der Waals surface area contributed by atoms with E-state index in [4.69, 9.17) is 21.6 Å². The van der Waals surface area contributed by atoms with E-state index >= 15 is 0 Å². The lowest BCUT2D eigenvalue weighted by atomic mass is 10.2. The van der Waals surface area contributed by atoms with E-state index < -0.39 is 0 Å². The molecule has 5 nitrogen and oxygen atoms in total. The van der Waals surface area contributed by atoms with E-state index in [1.165, 1.54) is 11.8 Å². The van der Waals surface area contributed by atoms with Crippen LogP contribution >= 0.6 is 23.4 Å². The summed E-state index contributed by atoms with van der Waals surface area (Å²) in [6, 6.07) is 15.0. The summed E-state index contributed by atoms with van der Waals surface area (Å²) in [7, 11) is 3.46. The minimum Gasteiger partial charge on any atom is -0.496 e. The molecule has 7 heteroatoms. The van der Waals surface area contributed by atoms with Gasteiger partial charge in [0, 0.05) is 22.0 Å². The van der Waals surface area contributed by atoms with Crippen LogP contribution in [0.2, 0.25) is 5.02 Å². The molecule has 2 aromatic carbocycles. The van der Waals surface area contributed by atoms with E-state index in [0.717, 1.165) is 16.2 Å². The van der Waals surface area contributed by atoms with Crippen LogP contribution in [-0.2, 0) is 11.3 Å². The van der Waals surface area contributed by atoms with Crippen molar-refractivity contribution in [1.29, 1.82) is 5.26 Å². The van der Waals surface area contributed by atoms with Crippen molar-refractivity contribution in [3.05, 3.63) is 53.1 Å². The largest absolute Gasteiger partial charge is 0.496 e. The van der Waals surface area contributed by atoms with Crippen molar-refractivity contribution in [3.8, 4) is 11.8 Å². The van der Waals surface area contributed by atoms with Crippen molar-refractivity contribution in [1.82, 2.24) is 4.90 Å². The number of hydrogen-bond donors (Lipinski definition) is 1. The van der Waals surface area contributed by atoms with E-state index in [0.29, 0.717) is 23.0 Å². The molecule has 0 heterocycles. The van der Waals surface area contributed by atoms with Gasteiger partial charge in [-0.2, -0.15) is 5.26 Å². The molecule has 1 N–H and O–H groups in total. The van der Waals surface area contributed by atoms with Gasteiger partial charge in [0.2, 0.25) is 5.91 Å². The third-order valence-electron chi connectivity index (χ3n) is 3.55. The number of para-hydroxylation sites is 1. The number of carbonyl (C=O) groups excluding carboxylic acids is 1.